The van der Waals surface area contributed by atoms with Crippen LogP contribution >= 0.6 is 0 Å². The molecule has 0 saturated carbocycles. The number of rotatable bonds is 5. The second-order valence-corrected chi connectivity index (χ2v) is 5.48. The summed E-state index contributed by atoms with van der Waals surface area (Å²) in [5.41, 5.74) is 3.51. The summed E-state index contributed by atoms with van der Waals surface area (Å²) >= 11 is 0. The van der Waals surface area contributed by atoms with E-state index in [4.69, 9.17) is 4.74 Å². The minimum Gasteiger partial charge on any atom is -0.438 e. The number of pyridine rings is 2. The molecule has 0 radical (unpaired) electrons. The van der Waals surface area contributed by atoms with E-state index in [1.807, 2.05) is 75.4 Å². The van der Waals surface area contributed by atoms with E-state index in [0.29, 0.717) is 11.6 Å². The van der Waals surface area contributed by atoms with E-state index in [-0.39, 0.29) is 0 Å². The number of hydrogen-bond donors (Lipinski definition) is 0. The topological polar surface area (TPSA) is 59.7 Å². The fourth-order valence-corrected chi connectivity index (χ4v) is 2.15. The number of aromatic nitrogens is 2. The predicted octanol–water partition coefficient (Wildman–Crippen LogP) is 6.99. The van der Waals surface area contributed by atoms with Gasteiger partial charge in [-0.3, -0.25) is 4.98 Å². The van der Waals surface area contributed by atoms with Gasteiger partial charge in [-0.05, 0) is 37.3 Å². The van der Waals surface area contributed by atoms with Gasteiger partial charge in [-0.2, -0.15) is 10.2 Å². The van der Waals surface area contributed by atoms with Crippen molar-refractivity contribution in [3.8, 4) is 11.6 Å². The first-order valence-electron chi connectivity index (χ1n) is 9.36. The van der Waals surface area contributed by atoms with Crippen molar-refractivity contribution in [1.82, 2.24) is 9.97 Å². The molecule has 0 saturated heterocycles. The number of hydrogen-bond acceptors (Lipinski definition) is 5. The molecule has 2 heterocycles. The Kier molecular flexibility index (Phi) is 11.0. The highest BCUT2D eigenvalue weighted by Gasteiger charge is 2.02. The zero-order chi connectivity index (χ0) is 21.5. The lowest BCUT2D eigenvalue weighted by Gasteiger charge is -2.08. The van der Waals surface area contributed by atoms with Crippen LogP contribution in [0.15, 0.2) is 90.4 Å². The molecular formula is C24H28N4O. The van der Waals surface area contributed by atoms with Crippen molar-refractivity contribution in [2.75, 3.05) is 7.05 Å². The van der Waals surface area contributed by atoms with Crippen LogP contribution in [0.1, 0.15) is 30.7 Å². The van der Waals surface area contributed by atoms with Crippen LogP contribution in [0.25, 0.3) is 11.8 Å². The van der Waals surface area contributed by atoms with Crippen LogP contribution in [-0.4, -0.2) is 17.0 Å². The number of benzene rings is 1. The van der Waals surface area contributed by atoms with E-state index in [9.17, 15) is 0 Å². The Balaban J connectivity index is 0.000000284. The average molecular weight is 389 g/mol. The van der Waals surface area contributed by atoms with Crippen molar-refractivity contribution in [2.45, 2.75) is 20.8 Å². The second kappa shape index (κ2) is 13.6. The molecule has 1 aromatic carbocycles. The van der Waals surface area contributed by atoms with Gasteiger partial charge in [0.2, 0.25) is 5.88 Å². The highest BCUT2D eigenvalue weighted by atomic mass is 16.5. The number of nitrogens with zero attached hydrogens (tertiary/aromatic N) is 4. The maximum absolute atomic E-state index is 5.67. The third-order valence-electron chi connectivity index (χ3n) is 3.42. The highest BCUT2D eigenvalue weighted by Crippen LogP contribution is 2.25. The Labute approximate surface area is 173 Å². The highest BCUT2D eigenvalue weighted by molar-refractivity contribution is 5.58. The van der Waals surface area contributed by atoms with Gasteiger partial charge in [-0.25, -0.2) is 4.98 Å². The van der Waals surface area contributed by atoms with Crippen LogP contribution in [0.2, 0.25) is 0 Å². The molecule has 0 fully saturated rings. The molecule has 0 atom stereocenters. The van der Waals surface area contributed by atoms with E-state index < -0.39 is 0 Å². The van der Waals surface area contributed by atoms with Gasteiger partial charge in [-0.1, -0.05) is 56.8 Å². The molecule has 0 amide bonds. The first-order valence-corrected chi connectivity index (χ1v) is 9.36. The van der Waals surface area contributed by atoms with Gasteiger partial charge in [0.05, 0.1) is 5.69 Å². The first-order chi connectivity index (χ1) is 14.1. The predicted molar refractivity (Wildman–Crippen MR) is 121 cm³/mol. The first kappa shape index (κ1) is 23.4. The summed E-state index contributed by atoms with van der Waals surface area (Å²) in [5, 5.41) is 7.36. The van der Waals surface area contributed by atoms with Crippen molar-refractivity contribution in [3.05, 3.63) is 97.0 Å². The molecule has 0 unspecified atom stereocenters. The lowest BCUT2D eigenvalue weighted by Crippen LogP contribution is -1.90. The van der Waals surface area contributed by atoms with Gasteiger partial charge < -0.3 is 4.74 Å². The summed E-state index contributed by atoms with van der Waals surface area (Å²) in [5.74, 6) is 1.37. The van der Waals surface area contributed by atoms with E-state index in [0.717, 1.165) is 17.0 Å². The van der Waals surface area contributed by atoms with E-state index in [1.165, 1.54) is 5.56 Å². The average Bonchev–Trinajstić information content (AvgIpc) is 2.78. The van der Waals surface area contributed by atoms with E-state index in [2.05, 4.69) is 33.4 Å². The van der Waals surface area contributed by atoms with Gasteiger partial charge in [0.25, 0.3) is 0 Å². The molecular weight excluding hydrogens is 360 g/mol. The molecule has 0 aliphatic heterocycles. The van der Waals surface area contributed by atoms with Gasteiger partial charge in [0.15, 0.2) is 0 Å². The Morgan fingerprint density at radius 2 is 1.69 bits per heavy atom. The summed E-state index contributed by atoms with van der Waals surface area (Å²) in [4.78, 5) is 8.16. The smallest absolute Gasteiger partial charge is 0.219 e. The molecule has 29 heavy (non-hydrogen) atoms. The Morgan fingerprint density at radius 1 is 1.00 bits per heavy atom. The molecule has 0 N–H and O–H groups in total. The molecule has 0 bridgehead atoms. The fourth-order valence-electron chi connectivity index (χ4n) is 2.15. The van der Waals surface area contributed by atoms with Crippen LogP contribution in [0.3, 0.4) is 0 Å². The van der Waals surface area contributed by atoms with Gasteiger partial charge in [0.1, 0.15) is 11.4 Å². The van der Waals surface area contributed by atoms with Crippen LogP contribution in [0, 0.1) is 6.92 Å². The number of azo groups is 1. The SMILES string of the molecule is C=C(N=NC)c1ccccn1.C=Cc1cc(C)ccc1Oc1ccccn1.CC. The van der Waals surface area contributed by atoms with E-state index in [1.54, 1.807) is 25.5 Å². The summed E-state index contributed by atoms with van der Waals surface area (Å²) in [6, 6.07) is 17.1. The van der Waals surface area contributed by atoms with E-state index >= 15 is 0 Å². The van der Waals surface area contributed by atoms with Crippen molar-refractivity contribution in [2.24, 2.45) is 10.2 Å². The Bertz CT molecular complexity index is 907. The number of aryl methyl sites for hydroxylation is 1. The fraction of sp³-hybridized carbons (Fsp3) is 0.167. The summed E-state index contributed by atoms with van der Waals surface area (Å²) < 4.78 is 5.67. The molecule has 3 aromatic rings. The maximum atomic E-state index is 5.67. The minimum absolute atomic E-state index is 0.591. The molecule has 0 spiro atoms. The van der Waals surface area contributed by atoms with Gasteiger partial charge in [-0.15, -0.1) is 0 Å². The van der Waals surface area contributed by atoms with Crippen LogP contribution in [0.4, 0.5) is 0 Å². The third-order valence-corrected chi connectivity index (χ3v) is 3.42. The summed E-state index contributed by atoms with van der Waals surface area (Å²) in [7, 11) is 1.61. The second-order valence-electron chi connectivity index (χ2n) is 5.48. The normalized spacial score (nSPS) is 9.52. The Hall–Kier alpha value is -3.60. The van der Waals surface area contributed by atoms with Crippen molar-refractivity contribution in [1.29, 1.82) is 0 Å². The lowest BCUT2D eigenvalue weighted by molar-refractivity contribution is 0.462. The molecule has 3 rings (SSSR count). The summed E-state index contributed by atoms with van der Waals surface area (Å²) in [6.45, 7) is 13.5. The zero-order valence-corrected chi connectivity index (χ0v) is 17.5. The molecule has 0 aliphatic carbocycles. The van der Waals surface area contributed by atoms with Crippen molar-refractivity contribution < 1.29 is 4.74 Å². The molecule has 5 heteroatoms. The monoisotopic (exact) mass is 388 g/mol. The molecule has 5 nitrogen and oxygen atoms in total. The summed E-state index contributed by atoms with van der Waals surface area (Å²) in [6.07, 6.45) is 5.19. The maximum Gasteiger partial charge on any atom is 0.219 e. The lowest BCUT2D eigenvalue weighted by atomic mass is 10.1. The van der Waals surface area contributed by atoms with Crippen LogP contribution in [-0.2, 0) is 0 Å². The molecule has 2 aromatic heterocycles. The molecule has 0 aliphatic rings. The number of ether oxygens (including phenoxy) is 1. The van der Waals surface area contributed by atoms with Gasteiger partial charge >= 0.3 is 0 Å². The standard InChI is InChI=1S/C14H13NO.C8H9N3.C2H6/c1-3-12-10-11(2)7-8-13(12)16-14-6-4-5-9-15-14;1-7(11-9-2)8-5-3-4-6-10-8;1-2/h3-10H,1H2,2H3;3-6H,1H2,2H3;1-2H3. The van der Waals surface area contributed by atoms with Crippen LogP contribution in [0.5, 0.6) is 11.6 Å². The largest absolute Gasteiger partial charge is 0.438 e. The van der Waals surface area contributed by atoms with Crippen molar-refractivity contribution in [3.63, 3.8) is 0 Å². The van der Waals surface area contributed by atoms with Gasteiger partial charge in [0, 0.05) is 31.1 Å². The third kappa shape index (κ3) is 8.30. The minimum atomic E-state index is 0.591. The quantitative estimate of drug-likeness (QED) is 0.443. The Morgan fingerprint density at radius 3 is 2.24 bits per heavy atom. The molecule has 150 valence electrons. The zero-order valence-electron chi connectivity index (χ0n) is 17.5. The van der Waals surface area contributed by atoms with Crippen LogP contribution < -0.4 is 4.74 Å². The van der Waals surface area contributed by atoms with Crippen molar-refractivity contribution >= 4 is 11.8 Å².